The average molecular weight is 524 g/mol. The highest BCUT2D eigenvalue weighted by Gasteiger charge is 2.56. The Hall–Kier alpha value is -2.59. The van der Waals surface area contributed by atoms with E-state index in [0.717, 1.165) is 31.4 Å². The van der Waals surface area contributed by atoms with Gasteiger partial charge in [-0.1, -0.05) is 18.5 Å². The van der Waals surface area contributed by atoms with E-state index in [2.05, 4.69) is 10.3 Å². The van der Waals surface area contributed by atoms with E-state index in [0.29, 0.717) is 6.42 Å². The van der Waals surface area contributed by atoms with Crippen molar-refractivity contribution in [3.63, 3.8) is 0 Å². The molecule has 1 aliphatic heterocycles. The molecule has 2 aromatic rings. The largest absolute Gasteiger partial charge is 0.347 e. The second-order valence-electron chi connectivity index (χ2n) is 9.45. The van der Waals surface area contributed by atoms with Crippen LogP contribution >= 0.6 is 11.6 Å². The lowest BCUT2D eigenvalue weighted by molar-refractivity contribution is -0.126. The van der Waals surface area contributed by atoms with Crippen molar-refractivity contribution in [2.24, 2.45) is 11.8 Å². The van der Waals surface area contributed by atoms with Gasteiger partial charge in [0.05, 0.1) is 27.3 Å². The Balaban J connectivity index is 1.39. The van der Waals surface area contributed by atoms with Gasteiger partial charge in [0.15, 0.2) is 9.84 Å². The summed E-state index contributed by atoms with van der Waals surface area (Å²) in [6.45, 7) is 1.51. The van der Waals surface area contributed by atoms with Gasteiger partial charge in [0, 0.05) is 24.0 Å². The Morgan fingerprint density at radius 2 is 1.91 bits per heavy atom. The van der Waals surface area contributed by atoms with E-state index < -0.39 is 45.4 Å². The summed E-state index contributed by atoms with van der Waals surface area (Å²) < 4.78 is 53.2. The van der Waals surface area contributed by atoms with Crippen molar-refractivity contribution in [1.29, 1.82) is 0 Å². The molecule has 1 unspecified atom stereocenters. The van der Waals surface area contributed by atoms with Crippen LogP contribution in [0.4, 0.5) is 8.78 Å². The van der Waals surface area contributed by atoms with Crippen molar-refractivity contribution in [3.8, 4) is 0 Å². The highest BCUT2D eigenvalue weighted by molar-refractivity contribution is 7.91. The van der Waals surface area contributed by atoms with E-state index in [9.17, 15) is 26.8 Å². The van der Waals surface area contributed by atoms with Gasteiger partial charge in [-0.25, -0.2) is 17.2 Å². The maximum Gasteiger partial charge on any atom is 0.256 e. The maximum atomic E-state index is 14.6. The van der Waals surface area contributed by atoms with Crippen LogP contribution in [0.1, 0.15) is 54.6 Å². The van der Waals surface area contributed by atoms with Gasteiger partial charge in [-0.05, 0) is 55.7 Å². The molecule has 35 heavy (non-hydrogen) atoms. The Bertz CT molecular complexity index is 1320. The van der Waals surface area contributed by atoms with Crippen LogP contribution in [0.25, 0.3) is 0 Å². The first-order chi connectivity index (χ1) is 16.6. The van der Waals surface area contributed by atoms with E-state index in [-0.39, 0.29) is 44.7 Å². The first kappa shape index (κ1) is 24.1. The number of aromatic nitrogens is 1. The average Bonchev–Trinajstić information content (AvgIpc) is 3.77. The number of carbonyl (C=O) groups is 2. The van der Waals surface area contributed by atoms with Crippen LogP contribution in [-0.4, -0.2) is 48.0 Å². The van der Waals surface area contributed by atoms with Crippen molar-refractivity contribution in [3.05, 3.63) is 58.4 Å². The number of nitrogens with one attached hydrogen (secondary N) is 1. The minimum Gasteiger partial charge on any atom is -0.347 e. The number of hydrogen-bond donors (Lipinski definition) is 1. The molecule has 2 heterocycles. The van der Waals surface area contributed by atoms with Crippen LogP contribution in [0, 0.1) is 23.5 Å². The monoisotopic (exact) mass is 523 g/mol. The molecule has 0 spiro atoms. The zero-order valence-electron chi connectivity index (χ0n) is 18.9. The van der Waals surface area contributed by atoms with Gasteiger partial charge in [-0.3, -0.25) is 14.6 Å². The smallest absolute Gasteiger partial charge is 0.256 e. The number of benzene rings is 1. The number of halogens is 3. The molecule has 3 fully saturated rings. The Morgan fingerprint density at radius 1 is 1.17 bits per heavy atom. The minimum atomic E-state index is -3.56. The van der Waals surface area contributed by atoms with Crippen molar-refractivity contribution < 1.29 is 26.8 Å². The van der Waals surface area contributed by atoms with Crippen molar-refractivity contribution in [1.82, 2.24) is 15.2 Å². The fourth-order valence-corrected chi connectivity index (χ4v) is 5.92. The van der Waals surface area contributed by atoms with Gasteiger partial charge in [-0.15, -0.1) is 0 Å². The molecule has 1 N–H and O–H groups in total. The summed E-state index contributed by atoms with van der Waals surface area (Å²) in [6.07, 6.45) is 5.23. The van der Waals surface area contributed by atoms with Crippen LogP contribution < -0.4 is 5.32 Å². The van der Waals surface area contributed by atoms with Crippen LogP contribution in [0.15, 0.2) is 35.5 Å². The molecule has 0 radical (unpaired) electrons. The number of piperidine rings is 1. The standard InChI is InChI=1S/C24H24ClF2N3O4S/c1-2-35(33,34)15-5-14(10-28-11-15)24(32)30-20-6-13(20)7-21(30)23(31)29-22(12-3-4-12)16-8-19(27)17(25)9-18(16)26/h5,8-13,20-22H,2-4,6-7H2,1H3,(H,29,31)/t13-,20-,21-,22?/m1/s1. The number of nitrogens with zero attached hydrogens (tertiary/aromatic N) is 2. The van der Waals surface area contributed by atoms with E-state index in [4.69, 9.17) is 11.6 Å². The first-order valence-corrected chi connectivity index (χ1v) is 13.6. The predicted molar refractivity (Wildman–Crippen MR) is 123 cm³/mol. The maximum absolute atomic E-state index is 14.6. The Labute approximate surface area is 206 Å². The highest BCUT2D eigenvalue weighted by atomic mass is 35.5. The van der Waals surface area contributed by atoms with E-state index in [1.807, 2.05) is 0 Å². The fourth-order valence-electron chi connectivity index (χ4n) is 4.91. The fraction of sp³-hybridized carbons (Fsp3) is 0.458. The second-order valence-corrected chi connectivity index (χ2v) is 12.1. The summed E-state index contributed by atoms with van der Waals surface area (Å²) in [5.74, 6) is -2.36. The van der Waals surface area contributed by atoms with Crippen LogP contribution in [-0.2, 0) is 14.6 Å². The number of hydrogen-bond acceptors (Lipinski definition) is 5. The van der Waals surface area contributed by atoms with Gasteiger partial charge in [0.2, 0.25) is 5.91 Å². The van der Waals surface area contributed by atoms with Crippen molar-refractivity contribution in [2.75, 3.05) is 5.75 Å². The van der Waals surface area contributed by atoms with Crippen LogP contribution in [0.5, 0.6) is 0 Å². The quantitative estimate of drug-likeness (QED) is 0.558. The number of carbonyl (C=O) groups excluding carboxylic acids is 2. The lowest BCUT2D eigenvalue weighted by Crippen LogP contribution is -2.49. The molecular formula is C24H24ClF2N3O4S. The minimum absolute atomic E-state index is 0.0328. The molecule has 186 valence electrons. The molecule has 2 aliphatic carbocycles. The van der Waals surface area contributed by atoms with E-state index in [1.54, 1.807) is 0 Å². The number of likely N-dealkylation sites (tertiary alicyclic amines) is 1. The predicted octanol–water partition coefficient (Wildman–Crippen LogP) is 3.68. The third-order valence-corrected chi connectivity index (χ3v) is 9.10. The topological polar surface area (TPSA) is 96.4 Å². The van der Waals surface area contributed by atoms with E-state index in [1.165, 1.54) is 30.3 Å². The number of sulfone groups is 1. The summed E-state index contributed by atoms with van der Waals surface area (Å²) in [5, 5.41) is 2.52. The molecule has 4 atom stereocenters. The summed E-state index contributed by atoms with van der Waals surface area (Å²) in [7, 11) is -3.56. The zero-order valence-corrected chi connectivity index (χ0v) is 20.5. The molecule has 5 rings (SSSR count). The van der Waals surface area contributed by atoms with Crippen molar-refractivity contribution >= 4 is 33.3 Å². The Morgan fingerprint density at radius 3 is 2.60 bits per heavy atom. The van der Waals surface area contributed by atoms with E-state index >= 15 is 0 Å². The molecule has 1 aromatic carbocycles. The van der Waals surface area contributed by atoms with Gasteiger partial charge in [0.25, 0.3) is 5.91 Å². The third kappa shape index (κ3) is 4.53. The molecule has 7 nitrogen and oxygen atoms in total. The van der Waals surface area contributed by atoms with Crippen molar-refractivity contribution in [2.45, 2.75) is 55.6 Å². The van der Waals surface area contributed by atoms with Gasteiger partial charge < -0.3 is 10.2 Å². The second kappa shape index (κ2) is 8.81. The van der Waals surface area contributed by atoms with Crippen LogP contribution in [0.2, 0.25) is 5.02 Å². The third-order valence-electron chi connectivity index (χ3n) is 7.11. The zero-order chi connectivity index (χ0) is 25.1. The molecule has 11 heteroatoms. The number of pyridine rings is 1. The summed E-state index contributed by atoms with van der Waals surface area (Å²) in [5.41, 5.74) is 0.125. The van der Waals surface area contributed by atoms with Gasteiger partial charge in [-0.2, -0.15) is 0 Å². The number of rotatable bonds is 7. The summed E-state index contributed by atoms with van der Waals surface area (Å²) >= 11 is 5.69. The lowest BCUT2D eigenvalue weighted by atomic mass is 10.00. The number of amides is 2. The molecule has 2 saturated carbocycles. The lowest BCUT2D eigenvalue weighted by Gasteiger charge is -2.29. The highest BCUT2D eigenvalue weighted by Crippen LogP contribution is 2.49. The van der Waals surface area contributed by atoms with Gasteiger partial charge in [0.1, 0.15) is 17.7 Å². The molecular weight excluding hydrogens is 500 g/mol. The summed E-state index contributed by atoms with van der Waals surface area (Å²) in [4.78, 5) is 32.1. The van der Waals surface area contributed by atoms with Gasteiger partial charge >= 0.3 is 0 Å². The molecule has 2 amide bonds. The molecule has 3 aliphatic rings. The Kier molecular flexibility index (Phi) is 6.07. The summed E-state index contributed by atoms with van der Waals surface area (Å²) in [6, 6.07) is 1.56. The number of fused-ring (bicyclic) bond motifs is 1. The molecule has 1 saturated heterocycles. The normalized spacial score (nSPS) is 24.1. The molecule has 1 aromatic heterocycles. The SMILES string of the molecule is CCS(=O)(=O)c1cncc(C(=O)N2[C@@H](C(=O)NC(c3cc(F)c(Cl)cc3F)C3CC3)C[C@H]3C[C@H]32)c1. The molecule has 0 bridgehead atoms. The van der Waals surface area contributed by atoms with Crippen LogP contribution in [0.3, 0.4) is 0 Å². The first-order valence-electron chi connectivity index (χ1n) is 11.6.